The number of ether oxygens (including phenoxy) is 3. The second-order valence-corrected chi connectivity index (χ2v) is 6.05. The number of esters is 2. The minimum atomic E-state index is -4.47. The highest BCUT2D eigenvalue weighted by Crippen LogP contribution is 2.31. The molecule has 2 aromatic carbocycles. The number of alkyl halides is 3. The molecule has 1 N–H and O–H groups in total. The molecule has 162 valence electrons. The first-order chi connectivity index (χ1) is 14.3. The van der Waals surface area contributed by atoms with Crippen LogP contribution in [0.2, 0.25) is 0 Å². The highest BCUT2D eigenvalue weighted by Gasteiger charge is 2.30. The fourth-order valence-electron chi connectivity index (χ4n) is 2.46. The van der Waals surface area contributed by atoms with Crippen LogP contribution in [0.15, 0.2) is 48.5 Å². The van der Waals surface area contributed by atoms with Crippen molar-refractivity contribution in [1.82, 2.24) is 0 Å². The van der Waals surface area contributed by atoms with Crippen LogP contribution in [0.3, 0.4) is 0 Å². The lowest BCUT2D eigenvalue weighted by Gasteiger charge is -2.13. The van der Waals surface area contributed by atoms with E-state index >= 15 is 0 Å². The second-order valence-electron chi connectivity index (χ2n) is 6.05. The zero-order valence-corrected chi connectivity index (χ0v) is 16.3. The van der Waals surface area contributed by atoms with Crippen LogP contribution in [0.4, 0.5) is 24.5 Å². The fourth-order valence-corrected chi connectivity index (χ4v) is 2.46. The summed E-state index contributed by atoms with van der Waals surface area (Å²) in [6.45, 7) is 2.19. The molecule has 0 atom stereocenters. The van der Waals surface area contributed by atoms with Crippen LogP contribution >= 0.6 is 0 Å². The van der Waals surface area contributed by atoms with Gasteiger partial charge >= 0.3 is 18.1 Å². The van der Waals surface area contributed by atoms with Gasteiger partial charge in [-0.2, -0.15) is 13.2 Å². The monoisotopic (exact) mass is 425 g/mol. The van der Waals surface area contributed by atoms with Crippen LogP contribution in [0.5, 0.6) is 0 Å². The third kappa shape index (κ3) is 7.40. The fraction of sp³-hybridized carbons (Fsp3) is 0.333. The summed E-state index contributed by atoms with van der Waals surface area (Å²) in [5.74, 6) is -1.02. The average Bonchev–Trinajstić information content (AvgIpc) is 2.70. The van der Waals surface area contributed by atoms with Crippen LogP contribution in [0, 0.1) is 0 Å². The van der Waals surface area contributed by atoms with E-state index in [1.54, 1.807) is 25.1 Å². The van der Waals surface area contributed by atoms with E-state index in [4.69, 9.17) is 14.2 Å². The SMILES string of the molecule is CCOC(=O)CCOCCOC(=O)c1ccccc1Nc1cccc(C(F)(F)F)c1. The van der Waals surface area contributed by atoms with Crippen molar-refractivity contribution in [3.05, 3.63) is 59.7 Å². The Morgan fingerprint density at radius 1 is 0.967 bits per heavy atom. The van der Waals surface area contributed by atoms with E-state index in [1.807, 2.05) is 0 Å². The molecule has 0 bridgehead atoms. The summed E-state index contributed by atoms with van der Waals surface area (Å²) in [7, 11) is 0. The normalized spacial score (nSPS) is 11.1. The Morgan fingerprint density at radius 3 is 2.47 bits per heavy atom. The van der Waals surface area contributed by atoms with Crippen LogP contribution < -0.4 is 5.32 Å². The third-order valence-electron chi connectivity index (χ3n) is 3.83. The molecule has 0 heterocycles. The van der Waals surface area contributed by atoms with Gasteiger partial charge in [0.25, 0.3) is 0 Å². The van der Waals surface area contributed by atoms with Crippen molar-refractivity contribution in [2.24, 2.45) is 0 Å². The Labute approximate surface area is 171 Å². The number of nitrogens with one attached hydrogen (secondary N) is 1. The van der Waals surface area contributed by atoms with Gasteiger partial charge in [-0.25, -0.2) is 4.79 Å². The lowest BCUT2D eigenvalue weighted by Crippen LogP contribution is -2.14. The molecule has 0 unspecified atom stereocenters. The molecule has 0 aromatic heterocycles. The van der Waals surface area contributed by atoms with Crippen LogP contribution in [-0.2, 0) is 25.2 Å². The van der Waals surface area contributed by atoms with E-state index in [9.17, 15) is 22.8 Å². The number of para-hydroxylation sites is 1. The Kier molecular flexibility index (Phi) is 8.67. The predicted molar refractivity (Wildman–Crippen MR) is 104 cm³/mol. The Hall–Kier alpha value is -3.07. The molecule has 0 radical (unpaired) electrons. The summed E-state index contributed by atoms with van der Waals surface area (Å²) in [4.78, 5) is 23.5. The molecule has 2 rings (SSSR count). The van der Waals surface area contributed by atoms with Gasteiger partial charge in [-0.15, -0.1) is 0 Å². The van der Waals surface area contributed by atoms with Crippen molar-refractivity contribution in [3.63, 3.8) is 0 Å². The summed E-state index contributed by atoms with van der Waals surface area (Å²) in [6, 6.07) is 11.0. The minimum absolute atomic E-state index is 0.0421. The molecule has 6 nitrogen and oxygen atoms in total. The number of carbonyl (C=O) groups excluding carboxylic acids is 2. The number of hydrogen-bond acceptors (Lipinski definition) is 6. The van der Waals surface area contributed by atoms with E-state index in [0.717, 1.165) is 12.1 Å². The molecule has 0 saturated heterocycles. The first-order valence-corrected chi connectivity index (χ1v) is 9.25. The van der Waals surface area contributed by atoms with Crippen molar-refractivity contribution >= 4 is 23.3 Å². The van der Waals surface area contributed by atoms with Gasteiger partial charge in [0.05, 0.1) is 43.1 Å². The number of rotatable bonds is 10. The number of anilines is 2. The number of carbonyl (C=O) groups is 2. The summed E-state index contributed by atoms with van der Waals surface area (Å²) in [6.07, 6.45) is -4.37. The van der Waals surface area contributed by atoms with E-state index < -0.39 is 17.7 Å². The van der Waals surface area contributed by atoms with E-state index in [2.05, 4.69) is 5.32 Å². The van der Waals surface area contributed by atoms with Gasteiger partial charge in [0.2, 0.25) is 0 Å². The zero-order chi connectivity index (χ0) is 22.0. The maximum absolute atomic E-state index is 12.9. The molecule has 2 aromatic rings. The van der Waals surface area contributed by atoms with Gasteiger partial charge in [-0.05, 0) is 37.3 Å². The molecule has 0 fully saturated rings. The standard InChI is InChI=1S/C21H22F3NO5/c1-2-29-19(26)10-11-28-12-13-30-20(27)17-8-3-4-9-18(17)25-16-7-5-6-15(14-16)21(22,23)24/h3-9,14,25H,2,10-13H2,1H3. The topological polar surface area (TPSA) is 73.9 Å². The van der Waals surface area contributed by atoms with E-state index in [-0.39, 0.29) is 43.5 Å². The second kappa shape index (κ2) is 11.2. The van der Waals surface area contributed by atoms with Gasteiger partial charge < -0.3 is 19.5 Å². The highest BCUT2D eigenvalue weighted by atomic mass is 19.4. The predicted octanol–water partition coefficient (Wildman–Crippen LogP) is 4.58. The molecule has 0 spiro atoms. The molecule has 0 aliphatic carbocycles. The Balaban J connectivity index is 1.90. The van der Waals surface area contributed by atoms with Crippen molar-refractivity contribution in [1.29, 1.82) is 0 Å². The van der Waals surface area contributed by atoms with Gasteiger partial charge in [-0.1, -0.05) is 18.2 Å². The maximum atomic E-state index is 12.9. The third-order valence-corrected chi connectivity index (χ3v) is 3.83. The molecule has 0 aliphatic rings. The minimum Gasteiger partial charge on any atom is -0.466 e. The quantitative estimate of drug-likeness (QED) is 0.444. The first kappa shape index (κ1) is 23.2. The van der Waals surface area contributed by atoms with Gasteiger partial charge in [0.1, 0.15) is 6.61 Å². The van der Waals surface area contributed by atoms with E-state index in [0.29, 0.717) is 12.3 Å². The van der Waals surface area contributed by atoms with Crippen LogP contribution in [0.25, 0.3) is 0 Å². The van der Waals surface area contributed by atoms with Crippen molar-refractivity contribution in [2.45, 2.75) is 19.5 Å². The van der Waals surface area contributed by atoms with Gasteiger partial charge in [-0.3, -0.25) is 4.79 Å². The van der Waals surface area contributed by atoms with Crippen molar-refractivity contribution in [3.8, 4) is 0 Å². The maximum Gasteiger partial charge on any atom is 0.416 e. The Morgan fingerprint density at radius 2 is 1.73 bits per heavy atom. The van der Waals surface area contributed by atoms with E-state index in [1.165, 1.54) is 18.2 Å². The Bertz CT molecular complexity index is 855. The van der Waals surface area contributed by atoms with Crippen molar-refractivity contribution < 1.29 is 37.0 Å². The number of benzene rings is 2. The summed E-state index contributed by atoms with van der Waals surface area (Å²) >= 11 is 0. The molecular weight excluding hydrogens is 403 g/mol. The smallest absolute Gasteiger partial charge is 0.416 e. The summed E-state index contributed by atoms with van der Waals surface area (Å²) in [5.41, 5.74) is -0.133. The average molecular weight is 425 g/mol. The first-order valence-electron chi connectivity index (χ1n) is 9.25. The largest absolute Gasteiger partial charge is 0.466 e. The zero-order valence-electron chi connectivity index (χ0n) is 16.3. The van der Waals surface area contributed by atoms with Crippen LogP contribution in [-0.4, -0.2) is 38.4 Å². The molecule has 30 heavy (non-hydrogen) atoms. The molecular formula is C21H22F3NO5. The van der Waals surface area contributed by atoms with Crippen molar-refractivity contribution in [2.75, 3.05) is 31.7 Å². The lowest BCUT2D eigenvalue weighted by molar-refractivity contribution is -0.144. The molecule has 0 amide bonds. The van der Waals surface area contributed by atoms with Crippen LogP contribution in [0.1, 0.15) is 29.3 Å². The van der Waals surface area contributed by atoms with Gasteiger partial charge in [0, 0.05) is 5.69 Å². The van der Waals surface area contributed by atoms with Gasteiger partial charge in [0.15, 0.2) is 0 Å². The summed E-state index contributed by atoms with van der Waals surface area (Å²) in [5, 5.41) is 2.82. The highest BCUT2D eigenvalue weighted by molar-refractivity contribution is 5.96. The molecule has 9 heteroatoms. The number of hydrogen-bond donors (Lipinski definition) is 1. The summed E-state index contributed by atoms with van der Waals surface area (Å²) < 4.78 is 53.8. The lowest BCUT2D eigenvalue weighted by atomic mass is 10.1. The molecule has 0 aliphatic heterocycles. The molecule has 0 saturated carbocycles. The number of halogens is 3.